The number of aromatic hydroxyl groups is 1. The molecule has 0 unspecified atom stereocenters. The van der Waals surface area contributed by atoms with Crippen molar-refractivity contribution in [1.82, 2.24) is 4.98 Å². The lowest BCUT2D eigenvalue weighted by atomic mass is 10.2. The lowest BCUT2D eigenvalue weighted by molar-refractivity contribution is -0.137. The Balaban J connectivity index is 2.15. The summed E-state index contributed by atoms with van der Waals surface area (Å²) in [7, 11) is 1.41. The zero-order valence-electron chi connectivity index (χ0n) is 11.8. The van der Waals surface area contributed by atoms with Crippen molar-refractivity contribution in [2.75, 3.05) is 7.11 Å². The Morgan fingerprint density at radius 3 is 2.70 bits per heavy atom. The van der Waals surface area contributed by atoms with E-state index in [0.29, 0.717) is 11.8 Å². The van der Waals surface area contributed by atoms with Crippen molar-refractivity contribution in [3.63, 3.8) is 0 Å². The van der Waals surface area contributed by atoms with Crippen LogP contribution in [-0.4, -0.2) is 17.2 Å². The number of halogens is 4. The van der Waals surface area contributed by atoms with E-state index in [1.54, 1.807) is 18.2 Å². The monoisotopic (exact) mass is 345 g/mol. The average molecular weight is 346 g/mol. The molecule has 0 bridgehead atoms. The van der Waals surface area contributed by atoms with Gasteiger partial charge in [0.25, 0.3) is 0 Å². The molecular weight excluding hydrogens is 335 g/mol. The van der Waals surface area contributed by atoms with Crippen LogP contribution in [0.3, 0.4) is 0 Å². The van der Waals surface area contributed by atoms with E-state index < -0.39 is 11.7 Å². The van der Waals surface area contributed by atoms with Gasteiger partial charge in [0, 0.05) is 11.8 Å². The highest BCUT2D eigenvalue weighted by molar-refractivity contribution is 6.32. The molecule has 0 amide bonds. The van der Waals surface area contributed by atoms with Gasteiger partial charge < -0.3 is 9.84 Å². The van der Waals surface area contributed by atoms with E-state index in [9.17, 15) is 18.3 Å². The highest BCUT2D eigenvalue weighted by Crippen LogP contribution is 2.34. The Morgan fingerprint density at radius 1 is 1.35 bits per heavy atom. The minimum atomic E-state index is -4.53. The maximum atomic E-state index is 12.5. The largest absolute Gasteiger partial charge is 0.504 e. The fourth-order valence-electron chi connectivity index (χ4n) is 1.70. The summed E-state index contributed by atoms with van der Waals surface area (Å²) in [6.45, 7) is -0.0118. The van der Waals surface area contributed by atoms with Gasteiger partial charge in [-0.15, -0.1) is 5.11 Å². The Morgan fingerprint density at radius 2 is 2.09 bits per heavy atom. The number of azo groups is 1. The van der Waals surface area contributed by atoms with E-state index in [0.717, 1.165) is 6.07 Å². The Bertz CT molecular complexity index is 736. The highest BCUT2D eigenvalue weighted by atomic mass is 35.5. The van der Waals surface area contributed by atoms with Crippen LogP contribution in [0.25, 0.3) is 0 Å². The summed E-state index contributed by atoms with van der Waals surface area (Å²) in [5, 5.41) is 17.1. The molecule has 2 aromatic rings. The number of para-hydroxylation sites is 1. The first-order valence-electron chi connectivity index (χ1n) is 6.28. The lowest BCUT2D eigenvalue weighted by Crippen LogP contribution is -2.05. The van der Waals surface area contributed by atoms with Gasteiger partial charge in [0.15, 0.2) is 17.3 Å². The van der Waals surface area contributed by atoms with Crippen LogP contribution in [0.2, 0.25) is 5.02 Å². The van der Waals surface area contributed by atoms with Gasteiger partial charge >= 0.3 is 6.18 Å². The summed E-state index contributed by atoms with van der Waals surface area (Å²) >= 11 is 5.71. The van der Waals surface area contributed by atoms with Crippen LogP contribution in [0, 0.1) is 0 Å². The van der Waals surface area contributed by atoms with E-state index in [1.807, 2.05) is 0 Å². The van der Waals surface area contributed by atoms with E-state index in [2.05, 4.69) is 15.2 Å². The number of hydrogen-bond acceptors (Lipinski definition) is 5. The number of rotatable bonds is 4. The highest BCUT2D eigenvalue weighted by Gasteiger charge is 2.31. The third kappa shape index (κ3) is 4.10. The molecule has 1 aromatic carbocycles. The van der Waals surface area contributed by atoms with Crippen LogP contribution in [0.4, 0.5) is 19.0 Å². The predicted octanol–water partition coefficient (Wildman–Crippen LogP) is 4.75. The summed E-state index contributed by atoms with van der Waals surface area (Å²) in [5.74, 6) is 0.0610. The van der Waals surface area contributed by atoms with Crippen molar-refractivity contribution in [2.24, 2.45) is 10.2 Å². The second kappa shape index (κ2) is 6.82. The third-order valence-corrected chi connectivity index (χ3v) is 3.14. The molecule has 9 heteroatoms. The molecule has 0 atom stereocenters. The number of phenolic OH excluding ortho intramolecular Hbond substituents is 1. The topological polar surface area (TPSA) is 67.1 Å². The number of methoxy groups -OCH3 is 1. The average Bonchev–Trinajstić information content (AvgIpc) is 2.49. The molecule has 1 N–H and O–H groups in total. The van der Waals surface area contributed by atoms with Gasteiger partial charge in [-0.05, 0) is 12.1 Å². The van der Waals surface area contributed by atoms with E-state index >= 15 is 0 Å². The van der Waals surface area contributed by atoms with Crippen LogP contribution in [0.15, 0.2) is 40.7 Å². The molecule has 122 valence electrons. The molecule has 5 nitrogen and oxygen atoms in total. The van der Waals surface area contributed by atoms with Gasteiger partial charge in [0.2, 0.25) is 0 Å². The molecule has 0 spiro atoms. The summed E-state index contributed by atoms with van der Waals surface area (Å²) < 4.78 is 42.4. The molecule has 1 aromatic heterocycles. The third-order valence-electron chi connectivity index (χ3n) is 2.86. The fraction of sp³-hybridized carbons (Fsp3) is 0.214. The molecule has 0 fully saturated rings. The van der Waals surface area contributed by atoms with Gasteiger partial charge in [-0.1, -0.05) is 23.7 Å². The number of phenols is 1. The molecule has 23 heavy (non-hydrogen) atoms. The standard InChI is InChI=1S/C14H11ClF3N3O2/c1-23-11-4-2-3-8(12(11)22)6-20-21-13-10(15)5-9(7-19-13)14(16,17)18/h2-5,7,22H,6H2,1H3. The van der Waals surface area contributed by atoms with E-state index in [1.165, 1.54) is 7.11 Å². The maximum Gasteiger partial charge on any atom is 0.417 e. The minimum Gasteiger partial charge on any atom is -0.504 e. The fourth-order valence-corrected chi connectivity index (χ4v) is 1.90. The molecule has 0 aliphatic heterocycles. The van der Waals surface area contributed by atoms with Crippen LogP contribution < -0.4 is 4.74 Å². The van der Waals surface area contributed by atoms with Gasteiger partial charge in [0.05, 0.1) is 24.2 Å². The van der Waals surface area contributed by atoms with Crippen LogP contribution >= 0.6 is 11.6 Å². The summed E-state index contributed by atoms with van der Waals surface area (Å²) in [4.78, 5) is 3.53. The molecule has 1 heterocycles. The number of pyridine rings is 1. The zero-order valence-corrected chi connectivity index (χ0v) is 12.6. The first-order chi connectivity index (χ1) is 10.8. The molecule has 0 aliphatic carbocycles. The van der Waals surface area contributed by atoms with Gasteiger partial charge in [-0.3, -0.25) is 0 Å². The van der Waals surface area contributed by atoms with Crippen LogP contribution in [0.1, 0.15) is 11.1 Å². The first-order valence-corrected chi connectivity index (χ1v) is 6.66. The molecule has 0 saturated carbocycles. The smallest absolute Gasteiger partial charge is 0.417 e. The van der Waals surface area contributed by atoms with Crippen molar-refractivity contribution < 1.29 is 23.0 Å². The molecule has 2 rings (SSSR count). The van der Waals surface area contributed by atoms with E-state index in [4.69, 9.17) is 16.3 Å². The minimum absolute atomic E-state index is 0.0118. The zero-order chi connectivity index (χ0) is 17.0. The molecular formula is C14H11ClF3N3O2. The number of benzene rings is 1. The van der Waals surface area contributed by atoms with Crippen molar-refractivity contribution >= 4 is 17.4 Å². The second-order valence-corrected chi connectivity index (χ2v) is 4.80. The number of aromatic nitrogens is 1. The quantitative estimate of drug-likeness (QED) is 0.813. The predicted molar refractivity (Wildman–Crippen MR) is 77.1 cm³/mol. The van der Waals surface area contributed by atoms with Gasteiger partial charge in [0.1, 0.15) is 0 Å². The van der Waals surface area contributed by atoms with Crippen LogP contribution in [0.5, 0.6) is 11.5 Å². The molecule has 0 aliphatic rings. The van der Waals surface area contributed by atoms with Crippen molar-refractivity contribution in [3.05, 3.63) is 46.6 Å². The first kappa shape index (κ1) is 17.0. The lowest BCUT2D eigenvalue weighted by Gasteiger charge is -2.07. The normalized spacial score (nSPS) is 11.9. The van der Waals surface area contributed by atoms with Crippen molar-refractivity contribution in [2.45, 2.75) is 12.7 Å². The summed E-state index contributed by atoms with van der Waals surface area (Å²) in [6.07, 6.45) is -3.90. The number of nitrogens with zero attached hydrogens (tertiary/aromatic N) is 3. The second-order valence-electron chi connectivity index (χ2n) is 4.39. The van der Waals surface area contributed by atoms with Gasteiger partial charge in [-0.2, -0.15) is 18.3 Å². The SMILES string of the molecule is COc1cccc(CN=Nc2ncc(C(F)(F)F)cc2Cl)c1O. The van der Waals surface area contributed by atoms with E-state index in [-0.39, 0.29) is 28.9 Å². The van der Waals surface area contributed by atoms with Crippen LogP contribution in [-0.2, 0) is 12.7 Å². The molecule has 0 saturated heterocycles. The Labute approximate surface area is 134 Å². The Hall–Kier alpha value is -2.35. The summed E-state index contributed by atoms with van der Waals surface area (Å²) in [6, 6.07) is 5.57. The molecule has 0 radical (unpaired) electrons. The van der Waals surface area contributed by atoms with Crippen molar-refractivity contribution in [3.8, 4) is 11.5 Å². The number of ether oxygens (including phenoxy) is 1. The number of hydrogen-bond donors (Lipinski definition) is 1. The number of alkyl halides is 3. The summed E-state index contributed by atoms with van der Waals surface area (Å²) in [5.41, 5.74) is -0.525. The van der Waals surface area contributed by atoms with Gasteiger partial charge in [-0.25, -0.2) is 4.98 Å². The Kier molecular flexibility index (Phi) is 5.05. The maximum absolute atomic E-state index is 12.5. The van der Waals surface area contributed by atoms with Crippen molar-refractivity contribution in [1.29, 1.82) is 0 Å².